The molecule has 4 heteroatoms. The van der Waals surface area contributed by atoms with Crippen LogP contribution in [0, 0.1) is 0 Å². The van der Waals surface area contributed by atoms with Crippen LogP contribution in [0.1, 0.15) is 25.7 Å². The zero-order valence-corrected chi connectivity index (χ0v) is 6.55. The molecule has 1 amide bonds. The summed E-state index contributed by atoms with van der Waals surface area (Å²) in [6, 6.07) is -0.256. The second-order valence-electron chi connectivity index (χ2n) is 3.26. The average Bonchev–Trinajstić information content (AvgIpc) is 1.95. The van der Waals surface area contributed by atoms with Crippen molar-refractivity contribution in [3.63, 3.8) is 0 Å². The van der Waals surface area contributed by atoms with E-state index in [-0.39, 0.29) is 6.04 Å². The first kappa shape index (κ1) is 8.49. The van der Waals surface area contributed by atoms with Gasteiger partial charge in [-0.1, -0.05) is 12.8 Å². The summed E-state index contributed by atoms with van der Waals surface area (Å²) < 4.78 is 0. The zero-order chi connectivity index (χ0) is 8.48. The highest BCUT2D eigenvalue weighted by atomic mass is 16.1. The first-order valence-electron chi connectivity index (χ1n) is 3.92. The van der Waals surface area contributed by atoms with Crippen LogP contribution in [-0.2, 0) is 4.79 Å². The van der Waals surface area contributed by atoms with Gasteiger partial charge in [0.15, 0.2) is 0 Å². The summed E-state index contributed by atoms with van der Waals surface area (Å²) in [6.07, 6.45) is 3.43. The van der Waals surface area contributed by atoms with Gasteiger partial charge in [0.25, 0.3) is 0 Å². The molecule has 0 bridgehead atoms. The SMILES string of the molecule is NC(=O)C1(N)CCCCC1N. The molecule has 0 heterocycles. The van der Waals surface area contributed by atoms with E-state index in [1.165, 1.54) is 0 Å². The first-order chi connectivity index (χ1) is 5.07. The smallest absolute Gasteiger partial charge is 0.239 e. The molecule has 4 nitrogen and oxygen atoms in total. The Morgan fingerprint density at radius 3 is 2.45 bits per heavy atom. The molecule has 64 valence electrons. The van der Waals surface area contributed by atoms with Crippen molar-refractivity contribution in [2.24, 2.45) is 17.2 Å². The number of primary amides is 1. The minimum Gasteiger partial charge on any atom is -0.368 e. The summed E-state index contributed by atoms with van der Waals surface area (Å²) in [7, 11) is 0. The van der Waals surface area contributed by atoms with E-state index in [0.717, 1.165) is 19.3 Å². The number of hydrogen-bond donors (Lipinski definition) is 3. The van der Waals surface area contributed by atoms with Gasteiger partial charge in [0.1, 0.15) is 5.54 Å². The topological polar surface area (TPSA) is 95.1 Å². The Bertz CT molecular complexity index is 171. The largest absolute Gasteiger partial charge is 0.368 e. The highest BCUT2D eigenvalue weighted by Gasteiger charge is 2.39. The molecule has 6 N–H and O–H groups in total. The fourth-order valence-corrected chi connectivity index (χ4v) is 1.53. The van der Waals surface area contributed by atoms with Crippen molar-refractivity contribution < 1.29 is 4.79 Å². The third kappa shape index (κ3) is 1.36. The third-order valence-electron chi connectivity index (χ3n) is 2.48. The molecule has 2 atom stereocenters. The van der Waals surface area contributed by atoms with E-state index in [9.17, 15) is 4.79 Å². The maximum Gasteiger partial charge on any atom is 0.239 e. The minimum atomic E-state index is -0.946. The Balaban J connectivity index is 2.72. The number of rotatable bonds is 1. The lowest BCUT2D eigenvalue weighted by molar-refractivity contribution is -0.124. The lowest BCUT2D eigenvalue weighted by atomic mass is 9.78. The summed E-state index contributed by atoms with van der Waals surface area (Å²) in [5, 5.41) is 0. The average molecular weight is 157 g/mol. The van der Waals surface area contributed by atoms with Crippen molar-refractivity contribution in [2.75, 3.05) is 0 Å². The van der Waals surface area contributed by atoms with Crippen LogP contribution in [0.5, 0.6) is 0 Å². The van der Waals surface area contributed by atoms with Gasteiger partial charge in [-0.3, -0.25) is 4.79 Å². The first-order valence-corrected chi connectivity index (χ1v) is 3.92. The van der Waals surface area contributed by atoms with E-state index < -0.39 is 11.4 Å². The standard InChI is InChI=1S/C7H15N3O/c8-5-3-1-2-4-7(5,10)6(9)11/h5H,1-4,8,10H2,(H2,9,11). The van der Waals surface area contributed by atoms with E-state index in [1.807, 2.05) is 0 Å². The summed E-state index contributed by atoms with van der Waals surface area (Å²) in [4.78, 5) is 10.9. The molecule has 0 aromatic carbocycles. The summed E-state index contributed by atoms with van der Waals surface area (Å²) in [5.74, 6) is -0.468. The lowest BCUT2D eigenvalue weighted by Gasteiger charge is -2.35. The van der Waals surface area contributed by atoms with Crippen molar-refractivity contribution in [1.82, 2.24) is 0 Å². The van der Waals surface area contributed by atoms with E-state index in [2.05, 4.69) is 0 Å². The van der Waals surface area contributed by atoms with Gasteiger partial charge in [0, 0.05) is 6.04 Å². The predicted molar refractivity (Wildman–Crippen MR) is 42.6 cm³/mol. The molecule has 2 unspecified atom stereocenters. The second-order valence-corrected chi connectivity index (χ2v) is 3.26. The molecule has 0 saturated heterocycles. The number of amides is 1. The maximum atomic E-state index is 10.9. The van der Waals surface area contributed by atoms with Gasteiger partial charge in [-0.05, 0) is 12.8 Å². The third-order valence-corrected chi connectivity index (χ3v) is 2.48. The van der Waals surface area contributed by atoms with E-state index >= 15 is 0 Å². The molecule has 0 radical (unpaired) electrons. The molecule has 0 aromatic heterocycles. The van der Waals surface area contributed by atoms with Crippen molar-refractivity contribution in [3.8, 4) is 0 Å². The Kier molecular flexibility index (Phi) is 2.15. The van der Waals surface area contributed by atoms with Gasteiger partial charge < -0.3 is 17.2 Å². The second kappa shape index (κ2) is 2.79. The van der Waals surface area contributed by atoms with Crippen molar-refractivity contribution in [2.45, 2.75) is 37.3 Å². The molecular weight excluding hydrogens is 142 g/mol. The van der Waals surface area contributed by atoms with Gasteiger partial charge in [0.05, 0.1) is 0 Å². The minimum absolute atomic E-state index is 0.256. The molecule has 1 fully saturated rings. The Morgan fingerprint density at radius 1 is 1.45 bits per heavy atom. The van der Waals surface area contributed by atoms with Crippen LogP contribution in [0.25, 0.3) is 0 Å². The van der Waals surface area contributed by atoms with Crippen LogP contribution in [-0.4, -0.2) is 17.5 Å². The molecule has 1 aliphatic rings. The van der Waals surface area contributed by atoms with Crippen molar-refractivity contribution in [3.05, 3.63) is 0 Å². The van der Waals surface area contributed by atoms with Crippen molar-refractivity contribution in [1.29, 1.82) is 0 Å². The highest BCUT2D eigenvalue weighted by Crippen LogP contribution is 2.24. The van der Waals surface area contributed by atoms with Gasteiger partial charge in [-0.15, -0.1) is 0 Å². The monoisotopic (exact) mass is 157 g/mol. The summed E-state index contributed by atoms with van der Waals surface area (Å²) in [5.41, 5.74) is 15.6. The van der Waals surface area contributed by atoms with Crippen LogP contribution >= 0.6 is 0 Å². The van der Waals surface area contributed by atoms with Gasteiger partial charge in [0.2, 0.25) is 5.91 Å². The summed E-state index contributed by atoms with van der Waals surface area (Å²) in [6.45, 7) is 0. The number of carbonyl (C=O) groups excluding carboxylic acids is 1. The molecule has 1 saturated carbocycles. The molecular formula is C7H15N3O. The Morgan fingerprint density at radius 2 is 2.09 bits per heavy atom. The van der Waals surface area contributed by atoms with Crippen LogP contribution in [0.15, 0.2) is 0 Å². The normalized spacial score (nSPS) is 38.5. The van der Waals surface area contributed by atoms with E-state index in [0.29, 0.717) is 6.42 Å². The van der Waals surface area contributed by atoms with Crippen LogP contribution in [0.4, 0.5) is 0 Å². The van der Waals surface area contributed by atoms with Gasteiger partial charge in [-0.25, -0.2) is 0 Å². The quantitative estimate of drug-likeness (QED) is 0.459. The number of carbonyl (C=O) groups is 1. The molecule has 11 heavy (non-hydrogen) atoms. The van der Waals surface area contributed by atoms with Gasteiger partial charge in [-0.2, -0.15) is 0 Å². The number of nitrogens with two attached hydrogens (primary N) is 3. The Hall–Kier alpha value is -0.610. The molecule has 0 aliphatic heterocycles. The fourth-order valence-electron chi connectivity index (χ4n) is 1.53. The van der Waals surface area contributed by atoms with E-state index in [4.69, 9.17) is 17.2 Å². The molecule has 1 aliphatic carbocycles. The number of hydrogen-bond acceptors (Lipinski definition) is 3. The molecule has 1 rings (SSSR count). The predicted octanol–water partition coefficient (Wildman–Crippen LogP) is -0.929. The zero-order valence-electron chi connectivity index (χ0n) is 6.55. The lowest BCUT2D eigenvalue weighted by Crippen LogP contribution is -2.64. The Labute approximate surface area is 66.1 Å². The van der Waals surface area contributed by atoms with Crippen LogP contribution in [0.3, 0.4) is 0 Å². The van der Waals surface area contributed by atoms with E-state index in [1.54, 1.807) is 0 Å². The fraction of sp³-hybridized carbons (Fsp3) is 0.857. The van der Waals surface area contributed by atoms with Crippen LogP contribution in [0.2, 0.25) is 0 Å². The summed E-state index contributed by atoms with van der Waals surface area (Å²) >= 11 is 0. The highest BCUT2D eigenvalue weighted by molar-refractivity contribution is 5.85. The van der Waals surface area contributed by atoms with Gasteiger partial charge >= 0.3 is 0 Å². The molecule has 0 aromatic rings. The molecule has 0 spiro atoms. The maximum absolute atomic E-state index is 10.9. The van der Waals surface area contributed by atoms with Crippen LogP contribution < -0.4 is 17.2 Å². The van der Waals surface area contributed by atoms with Crippen molar-refractivity contribution >= 4 is 5.91 Å².